The lowest BCUT2D eigenvalue weighted by Gasteiger charge is -2.43. The molecular weight excluding hydrogens is 260 g/mol. The fourth-order valence-electron chi connectivity index (χ4n) is 2.64. The van der Waals surface area contributed by atoms with Crippen LogP contribution in [0.25, 0.3) is 0 Å². The summed E-state index contributed by atoms with van der Waals surface area (Å²) >= 11 is 0. The van der Waals surface area contributed by atoms with Gasteiger partial charge in [-0.15, -0.1) is 0 Å². The number of halogens is 2. The molecule has 0 saturated carbocycles. The number of hydrogen-bond donors (Lipinski definition) is 0. The van der Waals surface area contributed by atoms with Crippen molar-refractivity contribution in [2.75, 3.05) is 13.1 Å². The first-order chi connectivity index (χ1) is 9.54. The van der Waals surface area contributed by atoms with Crippen LogP contribution in [0.3, 0.4) is 0 Å². The molecule has 1 aromatic carbocycles. The summed E-state index contributed by atoms with van der Waals surface area (Å²) in [6, 6.07) is 3.82. The topological polar surface area (TPSA) is 21.1 Å². The molecular formula is C15H17F2N3. The van der Waals surface area contributed by atoms with Crippen LogP contribution in [-0.4, -0.2) is 27.8 Å². The lowest BCUT2D eigenvalue weighted by molar-refractivity contribution is 0.0580. The Morgan fingerprint density at radius 1 is 1.30 bits per heavy atom. The van der Waals surface area contributed by atoms with Crippen molar-refractivity contribution in [3.8, 4) is 0 Å². The first-order valence-corrected chi connectivity index (χ1v) is 6.74. The minimum atomic E-state index is -0.395. The van der Waals surface area contributed by atoms with Crippen molar-refractivity contribution in [1.29, 1.82) is 0 Å². The molecule has 5 heteroatoms. The predicted molar refractivity (Wildman–Crippen MR) is 72.3 cm³/mol. The normalized spacial score (nSPS) is 18.0. The van der Waals surface area contributed by atoms with Crippen LogP contribution in [0.4, 0.5) is 8.78 Å². The highest BCUT2D eigenvalue weighted by atomic mass is 19.1. The van der Waals surface area contributed by atoms with Crippen LogP contribution in [0.5, 0.6) is 0 Å². The zero-order valence-corrected chi connectivity index (χ0v) is 11.6. The predicted octanol–water partition coefficient (Wildman–Crippen LogP) is 3.09. The quantitative estimate of drug-likeness (QED) is 0.859. The number of likely N-dealkylation sites (tertiary alicyclic amines) is 1. The molecule has 0 unspecified atom stereocenters. The molecule has 0 N–H and O–H groups in total. The average Bonchev–Trinajstić information content (AvgIpc) is 2.77. The SMILES string of the molecule is Cc1cnn(C2CN([C@H](C)c3cc(F)ccc3F)C2)c1. The smallest absolute Gasteiger partial charge is 0.128 e. The van der Waals surface area contributed by atoms with E-state index in [0.717, 1.165) is 24.7 Å². The van der Waals surface area contributed by atoms with Gasteiger partial charge in [0.05, 0.1) is 12.2 Å². The maximum Gasteiger partial charge on any atom is 0.128 e. The molecule has 1 saturated heterocycles. The number of hydrogen-bond acceptors (Lipinski definition) is 2. The lowest BCUT2D eigenvalue weighted by Crippen LogP contribution is -2.48. The van der Waals surface area contributed by atoms with Crippen LogP contribution in [0.1, 0.15) is 30.1 Å². The molecule has 1 aliphatic heterocycles. The van der Waals surface area contributed by atoms with Crippen LogP contribution < -0.4 is 0 Å². The molecule has 0 amide bonds. The summed E-state index contributed by atoms with van der Waals surface area (Å²) in [5.74, 6) is -0.745. The van der Waals surface area contributed by atoms with Gasteiger partial charge < -0.3 is 0 Å². The number of rotatable bonds is 3. The molecule has 0 radical (unpaired) electrons. The molecule has 0 spiro atoms. The Morgan fingerprint density at radius 3 is 2.70 bits per heavy atom. The fourth-order valence-corrected chi connectivity index (χ4v) is 2.64. The minimum Gasteiger partial charge on any atom is -0.292 e. The van der Waals surface area contributed by atoms with Crippen molar-refractivity contribution in [3.63, 3.8) is 0 Å². The summed E-state index contributed by atoms with van der Waals surface area (Å²) in [4.78, 5) is 2.12. The second kappa shape index (κ2) is 4.98. The number of aryl methyl sites for hydroxylation is 1. The minimum absolute atomic E-state index is 0.126. The van der Waals surface area contributed by atoms with Crippen molar-refractivity contribution in [2.45, 2.75) is 25.9 Å². The summed E-state index contributed by atoms with van der Waals surface area (Å²) in [7, 11) is 0. The van der Waals surface area contributed by atoms with E-state index in [1.165, 1.54) is 12.1 Å². The molecule has 3 nitrogen and oxygen atoms in total. The van der Waals surface area contributed by atoms with E-state index in [0.29, 0.717) is 11.6 Å². The fraction of sp³-hybridized carbons (Fsp3) is 0.400. The van der Waals surface area contributed by atoms with E-state index in [-0.39, 0.29) is 11.9 Å². The summed E-state index contributed by atoms with van der Waals surface area (Å²) in [5, 5.41) is 4.29. The van der Waals surface area contributed by atoms with Gasteiger partial charge in [-0.25, -0.2) is 8.78 Å². The highest BCUT2D eigenvalue weighted by Crippen LogP contribution is 2.32. The number of aromatic nitrogens is 2. The van der Waals surface area contributed by atoms with Gasteiger partial charge in [0.1, 0.15) is 11.6 Å². The van der Waals surface area contributed by atoms with Gasteiger partial charge >= 0.3 is 0 Å². The Kier molecular flexibility index (Phi) is 3.30. The van der Waals surface area contributed by atoms with Crippen LogP contribution in [-0.2, 0) is 0 Å². The Bertz CT molecular complexity index is 617. The molecule has 0 bridgehead atoms. The Hall–Kier alpha value is -1.75. The number of nitrogens with zero attached hydrogens (tertiary/aromatic N) is 3. The maximum atomic E-state index is 13.8. The third-order valence-electron chi connectivity index (χ3n) is 3.95. The van der Waals surface area contributed by atoms with Gasteiger partial charge in [0, 0.05) is 30.9 Å². The zero-order chi connectivity index (χ0) is 14.3. The molecule has 1 aliphatic rings. The third-order valence-corrected chi connectivity index (χ3v) is 3.95. The van der Waals surface area contributed by atoms with Gasteiger partial charge in [0.15, 0.2) is 0 Å². The van der Waals surface area contributed by atoms with Gasteiger partial charge in [-0.2, -0.15) is 5.10 Å². The van der Waals surface area contributed by atoms with Crippen molar-refractivity contribution in [1.82, 2.24) is 14.7 Å². The Morgan fingerprint density at radius 2 is 2.05 bits per heavy atom. The molecule has 3 rings (SSSR count). The first-order valence-electron chi connectivity index (χ1n) is 6.74. The third kappa shape index (κ3) is 2.33. The average molecular weight is 277 g/mol. The van der Waals surface area contributed by atoms with Crippen molar-refractivity contribution >= 4 is 0 Å². The van der Waals surface area contributed by atoms with E-state index in [1.807, 2.05) is 30.9 Å². The van der Waals surface area contributed by atoms with Gasteiger partial charge in [-0.1, -0.05) is 0 Å². The molecule has 106 valence electrons. The van der Waals surface area contributed by atoms with Crippen molar-refractivity contribution in [2.24, 2.45) is 0 Å². The molecule has 1 atom stereocenters. The van der Waals surface area contributed by atoms with E-state index >= 15 is 0 Å². The van der Waals surface area contributed by atoms with E-state index in [1.54, 1.807) is 0 Å². The molecule has 20 heavy (non-hydrogen) atoms. The maximum absolute atomic E-state index is 13.8. The summed E-state index contributed by atoms with van der Waals surface area (Å²) in [5.41, 5.74) is 1.55. The Balaban J connectivity index is 1.68. The first kappa shape index (κ1) is 13.2. The van der Waals surface area contributed by atoms with Crippen molar-refractivity contribution < 1.29 is 8.78 Å². The molecule has 1 aromatic heterocycles. The monoisotopic (exact) mass is 277 g/mol. The molecule has 0 aliphatic carbocycles. The second-order valence-electron chi connectivity index (χ2n) is 5.45. The number of benzene rings is 1. The van der Waals surface area contributed by atoms with Crippen LogP contribution >= 0.6 is 0 Å². The largest absolute Gasteiger partial charge is 0.292 e. The second-order valence-corrected chi connectivity index (χ2v) is 5.45. The van der Waals surface area contributed by atoms with E-state index in [4.69, 9.17) is 0 Å². The van der Waals surface area contributed by atoms with E-state index in [9.17, 15) is 8.78 Å². The van der Waals surface area contributed by atoms with Crippen LogP contribution in [0.2, 0.25) is 0 Å². The lowest BCUT2D eigenvalue weighted by atomic mass is 10.00. The standard InChI is InChI=1S/C15H17F2N3/c1-10-6-18-20(7-10)13-8-19(9-13)11(2)14-5-12(16)3-4-15(14)17/h3-7,11,13H,8-9H2,1-2H3/t11-/m1/s1. The highest BCUT2D eigenvalue weighted by Gasteiger charge is 2.33. The van der Waals surface area contributed by atoms with Gasteiger partial charge in [0.2, 0.25) is 0 Å². The van der Waals surface area contributed by atoms with Gasteiger partial charge in [-0.3, -0.25) is 9.58 Å². The van der Waals surface area contributed by atoms with E-state index < -0.39 is 5.82 Å². The molecule has 1 fully saturated rings. The zero-order valence-electron chi connectivity index (χ0n) is 11.6. The van der Waals surface area contributed by atoms with Crippen molar-refractivity contribution in [3.05, 3.63) is 53.4 Å². The van der Waals surface area contributed by atoms with E-state index in [2.05, 4.69) is 10.00 Å². The van der Waals surface area contributed by atoms with Crippen LogP contribution in [0.15, 0.2) is 30.6 Å². The summed E-state index contributed by atoms with van der Waals surface area (Å²) in [6.45, 7) is 5.52. The highest BCUT2D eigenvalue weighted by molar-refractivity contribution is 5.22. The van der Waals surface area contributed by atoms with Gasteiger partial charge in [-0.05, 0) is 37.6 Å². The molecule has 2 heterocycles. The Labute approximate surface area is 116 Å². The summed E-state index contributed by atoms with van der Waals surface area (Å²) < 4.78 is 28.9. The van der Waals surface area contributed by atoms with Crippen LogP contribution in [0, 0.1) is 18.6 Å². The summed E-state index contributed by atoms with van der Waals surface area (Å²) in [6.07, 6.45) is 3.84. The molecule has 2 aromatic rings. The van der Waals surface area contributed by atoms with Gasteiger partial charge in [0.25, 0.3) is 0 Å².